The molecule has 1 aliphatic rings. The lowest BCUT2D eigenvalue weighted by atomic mass is 10.1. The Morgan fingerprint density at radius 2 is 2.29 bits per heavy atom. The Bertz CT molecular complexity index is 531. The molecule has 0 amide bonds. The van der Waals surface area contributed by atoms with Crippen LogP contribution in [-0.4, -0.2) is 40.3 Å². The molecule has 6 heteroatoms. The van der Waals surface area contributed by atoms with Gasteiger partial charge >= 0.3 is 0 Å². The maximum atomic E-state index is 9.05. The van der Waals surface area contributed by atoms with E-state index in [9.17, 15) is 0 Å². The average molecular weight is 292 g/mol. The predicted molar refractivity (Wildman–Crippen MR) is 82.9 cm³/mol. The highest BCUT2D eigenvalue weighted by Crippen LogP contribution is 2.31. The van der Waals surface area contributed by atoms with E-state index in [1.165, 1.54) is 0 Å². The molecule has 0 saturated carbocycles. The number of rotatable bonds is 5. The number of aryl methyl sites for hydroxylation is 2. The molecule has 0 radical (unpaired) electrons. The van der Waals surface area contributed by atoms with Crippen molar-refractivity contribution in [2.75, 3.05) is 18.1 Å². The summed E-state index contributed by atoms with van der Waals surface area (Å²) in [6, 6.07) is 2.30. The van der Waals surface area contributed by atoms with Crippen LogP contribution in [0.3, 0.4) is 0 Å². The van der Waals surface area contributed by atoms with Crippen molar-refractivity contribution in [3.05, 3.63) is 22.9 Å². The number of aromatic nitrogens is 1. The van der Waals surface area contributed by atoms with Crippen molar-refractivity contribution in [1.82, 2.24) is 4.98 Å². The smallest absolute Gasteiger partial charge is 0.174 e. The van der Waals surface area contributed by atoms with Gasteiger partial charge in [0.25, 0.3) is 0 Å². The number of oxime groups is 1. The highest BCUT2D eigenvalue weighted by molar-refractivity contribution is 6.02. The summed E-state index contributed by atoms with van der Waals surface area (Å²) in [7, 11) is 0. The summed E-state index contributed by atoms with van der Waals surface area (Å²) >= 11 is 0. The number of pyridine rings is 1. The Labute approximate surface area is 125 Å². The lowest BCUT2D eigenvalue weighted by molar-refractivity contribution is 0.279. The molecule has 1 saturated heterocycles. The molecule has 1 unspecified atom stereocenters. The molecule has 116 valence electrons. The summed E-state index contributed by atoms with van der Waals surface area (Å²) < 4.78 is 0. The van der Waals surface area contributed by atoms with Crippen molar-refractivity contribution in [1.29, 1.82) is 0 Å². The van der Waals surface area contributed by atoms with Crippen LogP contribution in [0.5, 0.6) is 0 Å². The Hall–Kier alpha value is -1.82. The predicted octanol–water partition coefficient (Wildman–Crippen LogP) is 1.53. The molecule has 1 atom stereocenters. The van der Waals surface area contributed by atoms with Gasteiger partial charge in [-0.15, -0.1) is 0 Å². The summed E-state index contributed by atoms with van der Waals surface area (Å²) in [5.74, 6) is 0.894. The fourth-order valence-electron chi connectivity index (χ4n) is 3.13. The topological polar surface area (TPSA) is 95.0 Å². The van der Waals surface area contributed by atoms with E-state index in [2.05, 4.69) is 15.0 Å². The monoisotopic (exact) mass is 292 g/mol. The number of aliphatic hydroxyl groups excluding tert-OH is 1. The van der Waals surface area contributed by atoms with Gasteiger partial charge in [0.15, 0.2) is 5.84 Å². The summed E-state index contributed by atoms with van der Waals surface area (Å²) in [5.41, 5.74) is 8.44. The molecule has 1 aromatic rings. The second-order valence-corrected chi connectivity index (χ2v) is 5.62. The van der Waals surface area contributed by atoms with E-state index in [1.54, 1.807) is 0 Å². The van der Waals surface area contributed by atoms with Crippen molar-refractivity contribution in [3.63, 3.8) is 0 Å². The molecular weight excluding hydrogens is 268 g/mol. The van der Waals surface area contributed by atoms with E-state index in [1.807, 2.05) is 19.9 Å². The normalized spacial score (nSPS) is 19.3. The van der Waals surface area contributed by atoms with Crippen LogP contribution in [0.25, 0.3) is 0 Å². The first kappa shape index (κ1) is 15.6. The van der Waals surface area contributed by atoms with E-state index in [4.69, 9.17) is 16.0 Å². The summed E-state index contributed by atoms with van der Waals surface area (Å²) in [6.45, 7) is 5.02. The number of hydrogen-bond acceptors (Lipinski definition) is 5. The second-order valence-electron chi connectivity index (χ2n) is 5.62. The zero-order chi connectivity index (χ0) is 15.4. The Kier molecular flexibility index (Phi) is 5.01. The number of amidine groups is 1. The first-order valence-electron chi connectivity index (χ1n) is 7.42. The van der Waals surface area contributed by atoms with E-state index >= 15 is 0 Å². The van der Waals surface area contributed by atoms with Crippen LogP contribution >= 0.6 is 0 Å². The van der Waals surface area contributed by atoms with Gasteiger partial charge in [-0.25, -0.2) is 4.98 Å². The first-order valence-corrected chi connectivity index (χ1v) is 7.42. The van der Waals surface area contributed by atoms with Gasteiger partial charge in [0.1, 0.15) is 5.82 Å². The molecule has 0 spiro atoms. The van der Waals surface area contributed by atoms with Crippen LogP contribution in [0.4, 0.5) is 5.82 Å². The Morgan fingerprint density at radius 1 is 1.52 bits per heavy atom. The molecule has 2 rings (SSSR count). The average Bonchev–Trinajstić information content (AvgIpc) is 2.91. The van der Waals surface area contributed by atoms with E-state index in [0.29, 0.717) is 11.6 Å². The fourth-order valence-corrected chi connectivity index (χ4v) is 3.13. The minimum absolute atomic E-state index is 0.0998. The first-order chi connectivity index (χ1) is 10.1. The second kappa shape index (κ2) is 6.76. The van der Waals surface area contributed by atoms with Crippen molar-refractivity contribution in [3.8, 4) is 0 Å². The van der Waals surface area contributed by atoms with Gasteiger partial charge in [0, 0.05) is 24.9 Å². The zero-order valence-electron chi connectivity index (χ0n) is 12.7. The molecule has 1 aliphatic heterocycles. The molecule has 0 bridgehead atoms. The maximum absolute atomic E-state index is 9.05. The van der Waals surface area contributed by atoms with Crippen LogP contribution in [0.15, 0.2) is 11.2 Å². The molecule has 21 heavy (non-hydrogen) atoms. The van der Waals surface area contributed by atoms with Gasteiger partial charge in [-0.3, -0.25) is 0 Å². The summed E-state index contributed by atoms with van der Waals surface area (Å²) in [6.07, 6.45) is 3.90. The maximum Gasteiger partial charge on any atom is 0.174 e. The largest absolute Gasteiger partial charge is 0.409 e. The highest BCUT2D eigenvalue weighted by atomic mass is 16.4. The van der Waals surface area contributed by atoms with Crippen LogP contribution in [-0.2, 0) is 0 Å². The molecule has 1 fully saturated rings. The highest BCUT2D eigenvalue weighted by Gasteiger charge is 2.28. The van der Waals surface area contributed by atoms with Crippen LogP contribution < -0.4 is 10.6 Å². The van der Waals surface area contributed by atoms with Crippen LogP contribution in [0, 0.1) is 13.8 Å². The third kappa shape index (κ3) is 3.26. The molecule has 6 nitrogen and oxygen atoms in total. The van der Waals surface area contributed by atoms with Crippen molar-refractivity contribution in [2.24, 2.45) is 10.9 Å². The Morgan fingerprint density at radius 3 is 2.95 bits per heavy atom. The van der Waals surface area contributed by atoms with Crippen molar-refractivity contribution in [2.45, 2.75) is 45.6 Å². The van der Waals surface area contributed by atoms with Crippen LogP contribution in [0.1, 0.15) is 42.5 Å². The summed E-state index contributed by atoms with van der Waals surface area (Å²) in [5, 5.41) is 21.2. The number of aliphatic hydroxyl groups is 1. The minimum Gasteiger partial charge on any atom is -0.409 e. The van der Waals surface area contributed by atoms with E-state index in [-0.39, 0.29) is 12.4 Å². The summed E-state index contributed by atoms with van der Waals surface area (Å²) in [4.78, 5) is 6.87. The number of anilines is 1. The van der Waals surface area contributed by atoms with Gasteiger partial charge < -0.3 is 20.9 Å². The molecule has 2 heterocycles. The van der Waals surface area contributed by atoms with E-state index in [0.717, 1.165) is 49.3 Å². The number of nitrogens with zero attached hydrogens (tertiary/aromatic N) is 3. The lowest BCUT2D eigenvalue weighted by Gasteiger charge is -2.28. The minimum atomic E-state index is 0.0998. The van der Waals surface area contributed by atoms with Gasteiger partial charge in [-0.2, -0.15) is 0 Å². The molecular formula is C15H24N4O2. The number of nitrogens with two attached hydrogens (primary N) is 1. The van der Waals surface area contributed by atoms with Crippen molar-refractivity contribution < 1.29 is 10.3 Å². The quantitative estimate of drug-likeness (QED) is 0.331. The molecule has 4 N–H and O–H groups in total. The van der Waals surface area contributed by atoms with Gasteiger partial charge in [0.05, 0.1) is 5.56 Å². The van der Waals surface area contributed by atoms with Crippen LogP contribution in [0.2, 0.25) is 0 Å². The third-order valence-electron chi connectivity index (χ3n) is 4.03. The zero-order valence-corrected chi connectivity index (χ0v) is 12.7. The van der Waals surface area contributed by atoms with Gasteiger partial charge in [-0.1, -0.05) is 5.16 Å². The SMILES string of the molecule is Cc1cc(C)c(C(N)=NO)c(N2CCCC2CCCO)n1. The molecule has 0 aliphatic carbocycles. The fraction of sp³-hybridized carbons (Fsp3) is 0.600. The third-order valence-corrected chi connectivity index (χ3v) is 4.03. The molecule has 0 aromatic carbocycles. The van der Waals surface area contributed by atoms with Gasteiger partial charge in [-0.05, 0) is 51.2 Å². The van der Waals surface area contributed by atoms with Gasteiger partial charge in [0.2, 0.25) is 0 Å². The number of hydrogen-bond donors (Lipinski definition) is 3. The lowest BCUT2D eigenvalue weighted by Crippen LogP contribution is -2.33. The standard InChI is InChI=1S/C15H24N4O2/c1-10-9-11(2)17-15(13(10)14(16)18-21)19-7-3-5-12(19)6-4-8-20/h9,12,20-21H,3-8H2,1-2H3,(H2,16,18). The molecule has 1 aromatic heterocycles. The van der Waals surface area contributed by atoms with Crippen molar-refractivity contribution >= 4 is 11.7 Å². The van der Waals surface area contributed by atoms with E-state index < -0.39 is 0 Å². The Balaban J connectivity index is 2.42.